The Morgan fingerprint density at radius 3 is 2.66 bits per heavy atom. The number of aryl methyl sites for hydroxylation is 1. The molecule has 170 valence electrons. The second kappa shape index (κ2) is 10.6. The van der Waals surface area contributed by atoms with Gasteiger partial charge in [-0.05, 0) is 43.5 Å². The van der Waals surface area contributed by atoms with Crippen molar-refractivity contribution in [3.63, 3.8) is 0 Å². The number of hydrogen-bond acceptors (Lipinski definition) is 6. The lowest BCUT2D eigenvalue weighted by molar-refractivity contribution is -0.143. The summed E-state index contributed by atoms with van der Waals surface area (Å²) in [7, 11) is 0. The number of carbonyl (C=O) groups excluding carboxylic acids is 2. The van der Waals surface area contributed by atoms with Gasteiger partial charge in [-0.1, -0.05) is 30.3 Å². The zero-order chi connectivity index (χ0) is 21.8. The van der Waals surface area contributed by atoms with Crippen LogP contribution in [-0.2, 0) is 27.2 Å². The fourth-order valence-electron chi connectivity index (χ4n) is 4.27. The Morgan fingerprint density at radius 1 is 1.12 bits per heavy atom. The van der Waals surface area contributed by atoms with Crippen LogP contribution < -0.4 is 16.0 Å². The van der Waals surface area contributed by atoms with Crippen LogP contribution in [0.4, 0.5) is 5.69 Å². The molecule has 9 heteroatoms. The predicted octanol–water partition coefficient (Wildman–Crippen LogP) is 1.89. The van der Waals surface area contributed by atoms with Gasteiger partial charge < -0.3 is 21.1 Å². The number of carbonyl (C=O) groups is 3. The Bertz CT molecular complexity index is 985. The fourth-order valence-corrected chi connectivity index (χ4v) is 4.27. The maximum atomic E-state index is 13.0. The summed E-state index contributed by atoms with van der Waals surface area (Å²) in [6, 6.07) is 10.5. The number of nitrogens with one attached hydrogen (secondary N) is 3. The van der Waals surface area contributed by atoms with Crippen molar-refractivity contribution in [2.75, 3.05) is 18.4 Å². The van der Waals surface area contributed by atoms with Crippen LogP contribution in [0.1, 0.15) is 35.8 Å². The Hall–Kier alpha value is -2.97. The van der Waals surface area contributed by atoms with Crippen LogP contribution in [-0.4, -0.2) is 46.9 Å². The van der Waals surface area contributed by atoms with E-state index in [0.717, 1.165) is 30.8 Å². The average molecular weight is 459 g/mol. The molecular weight excluding hydrogens is 432 g/mol. The first-order chi connectivity index (χ1) is 15.0. The lowest BCUT2D eigenvalue weighted by Crippen LogP contribution is -2.45. The van der Waals surface area contributed by atoms with E-state index in [4.69, 9.17) is 0 Å². The number of halogens is 1. The molecule has 2 aromatic rings. The largest absolute Gasteiger partial charge is 0.479 e. The van der Waals surface area contributed by atoms with Crippen LogP contribution in [0.5, 0.6) is 0 Å². The van der Waals surface area contributed by atoms with Gasteiger partial charge in [0.1, 0.15) is 0 Å². The minimum absolute atomic E-state index is 0. The number of pyridine rings is 1. The lowest BCUT2D eigenvalue weighted by Gasteiger charge is -2.22. The summed E-state index contributed by atoms with van der Waals surface area (Å²) < 4.78 is 0. The van der Waals surface area contributed by atoms with Crippen LogP contribution in [0.3, 0.4) is 0 Å². The second-order valence-corrected chi connectivity index (χ2v) is 7.99. The van der Waals surface area contributed by atoms with E-state index in [1.807, 2.05) is 12.1 Å². The Balaban J connectivity index is 0.00000289. The summed E-state index contributed by atoms with van der Waals surface area (Å²) >= 11 is 0. The number of anilines is 1. The van der Waals surface area contributed by atoms with E-state index >= 15 is 0 Å². The van der Waals surface area contributed by atoms with Gasteiger partial charge >= 0.3 is 5.97 Å². The number of ketones is 1. The van der Waals surface area contributed by atoms with Crippen LogP contribution in [0.15, 0.2) is 42.5 Å². The highest BCUT2D eigenvalue weighted by atomic mass is 35.5. The summed E-state index contributed by atoms with van der Waals surface area (Å²) in [5, 5.41) is 18.6. The average Bonchev–Trinajstić information content (AvgIpc) is 3.28. The van der Waals surface area contributed by atoms with Gasteiger partial charge in [-0.2, -0.15) is 0 Å². The van der Waals surface area contributed by atoms with E-state index in [2.05, 4.69) is 20.9 Å². The molecule has 3 heterocycles. The molecule has 3 atom stereocenters. The summed E-state index contributed by atoms with van der Waals surface area (Å²) in [5.74, 6) is -2.29. The summed E-state index contributed by atoms with van der Waals surface area (Å²) in [5.41, 5.74) is 3.16. The molecule has 4 rings (SSSR count). The highest BCUT2D eigenvalue weighted by molar-refractivity contribution is 5.94. The molecular formula is C23H27ClN4O4. The number of Topliss-reactive ketones (excluding diaryl/α,β-unsaturated/α-hetero) is 1. The van der Waals surface area contributed by atoms with Gasteiger partial charge in [-0.15, -0.1) is 12.4 Å². The molecule has 0 radical (unpaired) electrons. The van der Waals surface area contributed by atoms with E-state index in [1.165, 1.54) is 0 Å². The minimum Gasteiger partial charge on any atom is -0.479 e. The van der Waals surface area contributed by atoms with Gasteiger partial charge in [0, 0.05) is 12.2 Å². The number of amides is 1. The molecule has 0 saturated carbocycles. The lowest BCUT2D eigenvalue weighted by atomic mass is 9.93. The van der Waals surface area contributed by atoms with E-state index in [-0.39, 0.29) is 24.6 Å². The first kappa shape index (κ1) is 23.7. The molecule has 1 aromatic heterocycles. The third kappa shape index (κ3) is 5.26. The zero-order valence-electron chi connectivity index (χ0n) is 17.5. The molecule has 2 aliphatic heterocycles. The Labute approximate surface area is 192 Å². The summed E-state index contributed by atoms with van der Waals surface area (Å²) in [4.78, 5) is 42.2. The highest BCUT2D eigenvalue weighted by Gasteiger charge is 2.39. The maximum absolute atomic E-state index is 13.0. The van der Waals surface area contributed by atoms with Crippen molar-refractivity contribution < 1.29 is 19.5 Å². The third-order valence-corrected chi connectivity index (χ3v) is 5.87. The van der Waals surface area contributed by atoms with Crippen LogP contribution in [0.25, 0.3) is 0 Å². The van der Waals surface area contributed by atoms with Crippen molar-refractivity contribution in [2.24, 2.45) is 5.92 Å². The predicted molar refractivity (Wildman–Crippen MR) is 122 cm³/mol. The first-order valence-electron chi connectivity index (χ1n) is 10.6. The molecule has 2 unspecified atom stereocenters. The number of carboxylic acid groups (broad SMARTS) is 1. The van der Waals surface area contributed by atoms with E-state index in [1.54, 1.807) is 30.3 Å². The molecule has 0 aliphatic carbocycles. The topological polar surface area (TPSA) is 120 Å². The van der Waals surface area contributed by atoms with E-state index in [9.17, 15) is 19.5 Å². The normalized spacial score (nSPS) is 20.2. The number of nitrogens with zero attached hydrogens (tertiary/aromatic N) is 1. The monoisotopic (exact) mass is 458 g/mol. The Kier molecular flexibility index (Phi) is 7.82. The standard InChI is InChI=1S/C23H26N4O4.ClH/c28-19(13-15-8-9-17-18(26-15)7-4-11-24-17)21-16(10-12-25-21)22(29)27-20(23(30)31)14-5-2-1-3-6-14;/h1-3,5-6,8-9,16,20-21,24-25H,4,7,10-13H2,(H,27,29)(H,30,31);1H/t16?,20-,21?;/m1./s1. The van der Waals surface area contributed by atoms with Gasteiger partial charge in [-0.25, -0.2) is 4.79 Å². The number of benzene rings is 1. The van der Waals surface area contributed by atoms with Crippen molar-refractivity contribution in [1.29, 1.82) is 0 Å². The molecule has 4 N–H and O–H groups in total. The number of fused-ring (bicyclic) bond motifs is 1. The molecule has 0 spiro atoms. The third-order valence-electron chi connectivity index (χ3n) is 5.87. The number of rotatable bonds is 7. The maximum Gasteiger partial charge on any atom is 0.330 e. The fraction of sp³-hybridized carbons (Fsp3) is 0.391. The van der Waals surface area contributed by atoms with Crippen molar-refractivity contribution in [3.05, 3.63) is 59.4 Å². The molecule has 0 bridgehead atoms. The second-order valence-electron chi connectivity index (χ2n) is 7.99. The highest BCUT2D eigenvalue weighted by Crippen LogP contribution is 2.23. The van der Waals surface area contributed by atoms with Gasteiger partial charge in [0.05, 0.1) is 29.8 Å². The minimum atomic E-state index is -1.15. The van der Waals surface area contributed by atoms with Gasteiger partial charge in [0.15, 0.2) is 11.8 Å². The van der Waals surface area contributed by atoms with E-state index < -0.39 is 29.9 Å². The number of hydrogen-bond donors (Lipinski definition) is 4. The molecule has 1 saturated heterocycles. The molecule has 32 heavy (non-hydrogen) atoms. The van der Waals surface area contributed by atoms with Crippen molar-refractivity contribution in [3.8, 4) is 0 Å². The molecule has 2 aliphatic rings. The quantitative estimate of drug-likeness (QED) is 0.500. The van der Waals surface area contributed by atoms with Crippen molar-refractivity contribution in [2.45, 2.75) is 37.8 Å². The summed E-state index contributed by atoms with van der Waals surface area (Å²) in [6.07, 6.45) is 2.50. The smallest absolute Gasteiger partial charge is 0.330 e. The molecule has 8 nitrogen and oxygen atoms in total. The number of aromatic nitrogens is 1. The Morgan fingerprint density at radius 2 is 1.91 bits per heavy atom. The van der Waals surface area contributed by atoms with Gasteiger partial charge in [-0.3, -0.25) is 14.6 Å². The SMILES string of the molecule is Cl.O=C(N[C@@H](C(=O)O)c1ccccc1)C1CCNC1C(=O)Cc1ccc2c(n1)CCCN2. The van der Waals surface area contributed by atoms with Gasteiger partial charge in [0.25, 0.3) is 0 Å². The van der Waals surface area contributed by atoms with E-state index in [0.29, 0.717) is 24.2 Å². The number of carboxylic acids is 1. The van der Waals surface area contributed by atoms with Crippen molar-refractivity contribution >= 4 is 35.8 Å². The summed E-state index contributed by atoms with van der Waals surface area (Å²) in [6.45, 7) is 1.45. The van der Waals surface area contributed by atoms with Crippen molar-refractivity contribution in [1.82, 2.24) is 15.6 Å². The van der Waals surface area contributed by atoms with Crippen LogP contribution >= 0.6 is 12.4 Å². The molecule has 1 amide bonds. The molecule has 1 aromatic carbocycles. The molecule has 1 fully saturated rings. The van der Waals surface area contributed by atoms with Crippen LogP contribution in [0.2, 0.25) is 0 Å². The van der Waals surface area contributed by atoms with Crippen LogP contribution in [0, 0.1) is 5.92 Å². The zero-order valence-corrected chi connectivity index (χ0v) is 18.4. The van der Waals surface area contributed by atoms with Gasteiger partial charge in [0.2, 0.25) is 5.91 Å². The number of aliphatic carboxylic acids is 1. The first-order valence-corrected chi connectivity index (χ1v) is 10.6.